The number of rotatable bonds is 4. The maximum atomic E-state index is 10.5. The SMILES string of the molecule is CCOc1ccc(C=O)cc1CC. The third kappa shape index (κ3) is 2.31. The van der Waals surface area contributed by atoms with Gasteiger partial charge in [0.15, 0.2) is 0 Å². The van der Waals surface area contributed by atoms with Crippen molar-refractivity contribution in [3.8, 4) is 5.75 Å². The monoisotopic (exact) mass is 178 g/mol. The minimum Gasteiger partial charge on any atom is -0.494 e. The van der Waals surface area contributed by atoms with Crippen molar-refractivity contribution >= 4 is 6.29 Å². The molecule has 0 atom stereocenters. The lowest BCUT2D eigenvalue weighted by Gasteiger charge is -2.08. The molecule has 2 heteroatoms. The van der Waals surface area contributed by atoms with Crippen molar-refractivity contribution in [3.63, 3.8) is 0 Å². The molecule has 0 unspecified atom stereocenters. The van der Waals surface area contributed by atoms with E-state index in [0.717, 1.165) is 24.0 Å². The summed E-state index contributed by atoms with van der Waals surface area (Å²) in [5.41, 5.74) is 1.80. The summed E-state index contributed by atoms with van der Waals surface area (Å²) in [6.45, 7) is 4.66. The van der Waals surface area contributed by atoms with E-state index in [-0.39, 0.29) is 0 Å². The zero-order valence-electron chi connectivity index (χ0n) is 8.04. The molecule has 0 spiro atoms. The number of hydrogen-bond donors (Lipinski definition) is 0. The second kappa shape index (κ2) is 4.65. The number of carbonyl (C=O) groups is 1. The zero-order chi connectivity index (χ0) is 9.68. The van der Waals surface area contributed by atoms with Gasteiger partial charge in [-0.2, -0.15) is 0 Å². The van der Waals surface area contributed by atoms with Gasteiger partial charge in [-0.25, -0.2) is 0 Å². The molecular formula is C11H14O2. The molecule has 1 aromatic rings. The largest absolute Gasteiger partial charge is 0.494 e. The summed E-state index contributed by atoms with van der Waals surface area (Å²) < 4.78 is 5.41. The first-order chi connectivity index (χ1) is 6.31. The van der Waals surface area contributed by atoms with Crippen molar-refractivity contribution in [2.75, 3.05) is 6.61 Å². The Hall–Kier alpha value is -1.31. The molecule has 0 aliphatic carbocycles. The van der Waals surface area contributed by atoms with E-state index >= 15 is 0 Å². The molecule has 0 radical (unpaired) electrons. The maximum Gasteiger partial charge on any atom is 0.150 e. The molecule has 2 nitrogen and oxygen atoms in total. The first kappa shape index (κ1) is 9.78. The average molecular weight is 178 g/mol. The molecule has 13 heavy (non-hydrogen) atoms. The van der Waals surface area contributed by atoms with Gasteiger partial charge in [-0.15, -0.1) is 0 Å². The van der Waals surface area contributed by atoms with Crippen molar-refractivity contribution in [2.45, 2.75) is 20.3 Å². The van der Waals surface area contributed by atoms with Gasteiger partial charge in [0.1, 0.15) is 12.0 Å². The van der Waals surface area contributed by atoms with Crippen LogP contribution in [0.2, 0.25) is 0 Å². The minimum absolute atomic E-state index is 0.660. The number of hydrogen-bond acceptors (Lipinski definition) is 2. The molecule has 0 amide bonds. The predicted molar refractivity (Wildman–Crippen MR) is 52.4 cm³/mol. The zero-order valence-corrected chi connectivity index (χ0v) is 8.04. The van der Waals surface area contributed by atoms with Crippen molar-refractivity contribution in [3.05, 3.63) is 29.3 Å². The quantitative estimate of drug-likeness (QED) is 0.662. The number of aryl methyl sites for hydroxylation is 1. The maximum absolute atomic E-state index is 10.5. The van der Waals surface area contributed by atoms with E-state index in [9.17, 15) is 4.79 Å². The van der Waals surface area contributed by atoms with Gasteiger partial charge in [-0.1, -0.05) is 6.92 Å². The summed E-state index contributed by atoms with van der Waals surface area (Å²) in [5.74, 6) is 0.885. The number of carbonyl (C=O) groups excluding carboxylic acids is 1. The second-order valence-corrected chi connectivity index (χ2v) is 2.77. The van der Waals surface area contributed by atoms with Crippen LogP contribution in [-0.4, -0.2) is 12.9 Å². The smallest absolute Gasteiger partial charge is 0.150 e. The normalized spacial score (nSPS) is 9.69. The van der Waals surface area contributed by atoms with Crippen LogP contribution in [0.1, 0.15) is 29.8 Å². The van der Waals surface area contributed by atoms with Gasteiger partial charge in [0, 0.05) is 5.56 Å². The summed E-state index contributed by atoms with van der Waals surface area (Å²) in [5, 5.41) is 0. The lowest BCUT2D eigenvalue weighted by molar-refractivity contribution is 0.112. The molecular weight excluding hydrogens is 164 g/mol. The number of ether oxygens (including phenoxy) is 1. The summed E-state index contributed by atoms with van der Waals surface area (Å²) in [6, 6.07) is 5.50. The third-order valence-corrected chi connectivity index (χ3v) is 1.90. The van der Waals surface area contributed by atoms with Crippen LogP contribution in [0, 0.1) is 0 Å². The third-order valence-electron chi connectivity index (χ3n) is 1.90. The Morgan fingerprint density at radius 2 is 2.15 bits per heavy atom. The average Bonchev–Trinajstić information content (AvgIpc) is 2.19. The number of aldehydes is 1. The highest BCUT2D eigenvalue weighted by Crippen LogP contribution is 2.19. The molecule has 70 valence electrons. The summed E-state index contributed by atoms with van der Waals surface area (Å²) in [7, 11) is 0. The Kier molecular flexibility index (Phi) is 3.50. The first-order valence-electron chi connectivity index (χ1n) is 4.52. The molecule has 1 aromatic carbocycles. The molecule has 0 N–H and O–H groups in total. The van der Waals surface area contributed by atoms with Crippen LogP contribution in [0.4, 0.5) is 0 Å². The van der Waals surface area contributed by atoms with Crippen molar-refractivity contribution in [2.24, 2.45) is 0 Å². The first-order valence-corrected chi connectivity index (χ1v) is 4.52. The molecule has 0 heterocycles. The Morgan fingerprint density at radius 3 is 2.69 bits per heavy atom. The molecule has 0 aliphatic heterocycles. The Labute approximate surface area is 78.5 Å². The van der Waals surface area contributed by atoms with Crippen LogP contribution < -0.4 is 4.74 Å². The van der Waals surface area contributed by atoms with Crippen LogP contribution in [0.15, 0.2) is 18.2 Å². The Bertz CT molecular complexity index is 292. The van der Waals surface area contributed by atoms with Gasteiger partial charge in [0.05, 0.1) is 6.61 Å². The van der Waals surface area contributed by atoms with Crippen molar-refractivity contribution < 1.29 is 9.53 Å². The predicted octanol–water partition coefficient (Wildman–Crippen LogP) is 2.46. The second-order valence-electron chi connectivity index (χ2n) is 2.77. The van der Waals surface area contributed by atoms with Crippen LogP contribution in [0.3, 0.4) is 0 Å². The van der Waals surface area contributed by atoms with E-state index in [1.807, 2.05) is 26.0 Å². The van der Waals surface area contributed by atoms with E-state index in [4.69, 9.17) is 4.74 Å². The van der Waals surface area contributed by atoms with Gasteiger partial charge in [0.2, 0.25) is 0 Å². The summed E-state index contributed by atoms with van der Waals surface area (Å²) in [4.78, 5) is 10.5. The Morgan fingerprint density at radius 1 is 1.38 bits per heavy atom. The highest BCUT2D eigenvalue weighted by Gasteiger charge is 2.01. The molecule has 0 aromatic heterocycles. The van der Waals surface area contributed by atoms with Crippen LogP contribution in [0.25, 0.3) is 0 Å². The van der Waals surface area contributed by atoms with Crippen LogP contribution in [-0.2, 0) is 6.42 Å². The van der Waals surface area contributed by atoms with Gasteiger partial charge in [-0.3, -0.25) is 4.79 Å². The fourth-order valence-electron chi connectivity index (χ4n) is 1.25. The molecule has 0 aliphatic rings. The Balaban J connectivity index is 3.00. The van der Waals surface area contributed by atoms with E-state index in [1.54, 1.807) is 6.07 Å². The lowest BCUT2D eigenvalue weighted by Crippen LogP contribution is -1.96. The molecule has 1 rings (SSSR count). The van der Waals surface area contributed by atoms with Gasteiger partial charge < -0.3 is 4.74 Å². The van der Waals surface area contributed by atoms with E-state index in [0.29, 0.717) is 12.2 Å². The molecule has 0 fully saturated rings. The molecule has 0 saturated carbocycles. The van der Waals surface area contributed by atoms with Crippen LogP contribution >= 0.6 is 0 Å². The molecule has 0 bridgehead atoms. The van der Waals surface area contributed by atoms with E-state index in [1.165, 1.54) is 0 Å². The topological polar surface area (TPSA) is 26.3 Å². The lowest BCUT2D eigenvalue weighted by atomic mass is 10.1. The highest BCUT2D eigenvalue weighted by molar-refractivity contribution is 5.75. The number of benzene rings is 1. The van der Waals surface area contributed by atoms with Gasteiger partial charge in [-0.05, 0) is 37.1 Å². The summed E-state index contributed by atoms with van der Waals surface area (Å²) >= 11 is 0. The van der Waals surface area contributed by atoms with Gasteiger partial charge >= 0.3 is 0 Å². The van der Waals surface area contributed by atoms with E-state index in [2.05, 4.69) is 0 Å². The molecule has 0 saturated heterocycles. The van der Waals surface area contributed by atoms with E-state index < -0.39 is 0 Å². The van der Waals surface area contributed by atoms with Crippen molar-refractivity contribution in [1.29, 1.82) is 0 Å². The minimum atomic E-state index is 0.660. The van der Waals surface area contributed by atoms with Crippen molar-refractivity contribution in [1.82, 2.24) is 0 Å². The summed E-state index contributed by atoms with van der Waals surface area (Å²) in [6.07, 6.45) is 1.74. The standard InChI is InChI=1S/C11H14O2/c1-3-10-7-9(8-12)5-6-11(10)13-4-2/h5-8H,3-4H2,1-2H3. The van der Waals surface area contributed by atoms with Crippen LogP contribution in [0.5, 0.6) is 5.75 Å². The fourth-order valence-corrected chi connectivity index (χ4v) is 1.25. The fraction of sp³-hybridized carbons (Fsp3) is 0.364. The highest BCUT2D eigenvalue weighted by atomic mass is 16.5. The van der Waals surface area contributed by atoms with Gasteiger partial charge in [0.25, 0.3) is 0 Å².